The smallest absolute Gasteiger partial charge is 0.329 e. The number of carboxylic acid groups (broad SMARTS) is 1. The lowest BCUT2D eigenvalue weighted by atomic mass is 9.87. The Balaban J connectivity index is 2.03. The van der Waals surface area contributed by atoms with Crippen molar-refractivity contribution < 1.29 is 14.7 Å². The molecule has 0 aromatic heterocycles. The third kappa shape index (κ3) is 3.51. The molecule has 0 aromatic rings. The van der Waals surface area contributed by atoms with E-state index in [2.05, 4.69) is 17.6 Å². The fraction of sp³-hybridized carbons (Fsp3) is 0.867. The number of amides is 1. The molecule has 2 aliphatic rings. The summed E-state index contributed by atoms with van der Waals surface area (Å²) in [5.41, 5.74) is -1.03. The number of carboxylic acids is 1. The van der Waals surface area contributed by atoms with Crippen LogP contribution in [0.15, 0.2) is 0 Å². The third-order valence-corrected chi connectivity index (χ3v) is 4.72. The van der Waals surface area contributed by atoms with E-state index in [0.29, 0.717) is 18.9 Å². The van der Waals surface area contributed by atoms with Crippen molar-refractivity contribution in [2.75, 3.05) is 6.54 Å². The second kappa shape index (κ2) is 6.57. The van der Waals surface area contributed by atoms with E-state index >= 15 is 0 Å². The van der Waals surface area contributed by atoms with Crippen molar-refractivity contribution in [3.63, 3.8) is 0 Å². The van der Waals surface area contributed by atoms with Crippen LogP contribution in [-0.2, 0) is 9.59 Å². The molecule has 5 nitrogen and oxygen atoms in total. The van der Waals surface area contributed by atoms with Crippen LogP contribution in [0.25, 0.3) is 0 Å². The molecule has 1 saturated heterocycles. The zero-order valence-corrected chi connectivity index (χ0v) is 12.3. The van der Waals surface area contributed by atoms with Crippen LogP contribution in [-0.4, -0.2) is 35.1 Å². The van der Waals surface area contributed by atoms with Gasteiger partial charge in [0.15, 0.2) is 0 Å². The summed E-state index contributed by atoms with van der Waals surface area (Å²) >= 11 is 0. The quantitative estimate of drug-likeness (QED) is 0.688. The fourth-order valence-corrected chi connectivity index (χ4v) is 3.43. The molecule has 1 aliphatic carbocycles. The van der Waals surface area contributed by atoms with E-state index in [-0.39, 0.29) is 11.8 Å². The molecule has 5 heteroatoms. The largest absolute Gasteiger partial charge is 0.480 e. The highest BCUT2D eigenvalue weighted by atomic mass is 16.4. The molecular weight excluding hydrogens is 256 g/mol. The van der Waals surface area contributed by atoms with Gasteiger partial charge in [-0.3, -0.25) is 4.79 Å². The monoisotopic (exact) mass is 282 g/mol. The molecule has 1 amide bonds. The van der Waals surface area contributed by atoms with Crippen molar-refractivity contribution in [1.82, 2.24) is 10.6 Å². The molecule has 1 saturated carbocycles. The van der Waals surface area contributed by atoms with E-state index in [9.17, 15) is 14.7 Å². The molecule has 0 spiro atoms. The molecule has 1 heterocycles. The molecule has 0 aromatic carbocycles. The van der Waals surface area contributed by atoms with Gasteiger partial charge in [-0.15, -0.1) is 0 Å². The highest BCUT2D eigenvalue weighted by Gasteiger charge is 2.41. The van der Waals surface area contributed by atoms with Gasteiger partial charge in [0.1, 0.15) is 5.54 Å². The van der Waals surface area contributed by atoms with Crippen LogP contribution < -0.4 is 10.6 Å². The van der Waals surface area contributed by atoms with E-state index in [1.165, 1.54) is 0 Å². The van der Waals surface area contributed by atoms with Crippen LogP contribution in [0.5, 0.6) is 0 Å². The standard InChI is InChI=1S/C15H26N2O3/c1-11-10-12(6-9-16-11)13(18)17-15(14(19)20)7-4-2-3-5-8-15/h11-12,16H,2-10H2,1H3,(H,17,18)(H,19,20). The van der Waals surface area contributed by atoms with Gasteiger partial charge in [-0.25, -0.2) is 4.79 Å². The number of hydrogen-bond donors (Lipinski definition) is 3. The molecule has 2 unspecified atom stereocenters. The lowest BCUT2D eigenvalue weighted by Gasteiger charge is -2.33. The minimum atomic E-state index is -1.03. The van der Waals surface area contributed by atoms with Crippen molar-refractivity contribution in [2.24, 2.45) is 5.92 Å². The van der Waals surface area contributed by atoms with Gasteiger partial charge >= 0.3 is 5.97 Å². The van der Waals surface area contributed by atoms with E-state index < -0.39 is 11.5 Å². The molecule has 0 radical (unpaired) electrons. The molecule has 3 N–H and O–H groups in total. The Hall–Kier alpha value is -1.10. The maximum atomic E-state index is 12.4. The summed E-state index contributed by atoms with van der Waals surface area (Å²) in [5, 5.41) is 15.8. The average molecular weight is 282 g/mol. The van der Waals surface area contributed by atoms with Crippen LogP contribution in [0.3, 0.4) is 0 Å². The van der Waals surface area contributed by atoms with Gasteiger partial charge in [-0.05, 0) is 39.2 Å². The molecule has 2 rings (SSSR count). The van der Waals surface area contributed by atoms with Gasteiger partial charge in [0.05, 0.1) is 0 Å². The Morgan fingerprint density at radius 3 is 2.40 bits per heavy atom. The Labute approximate surface area is 120 Å². The Morgan fingerprint density at radius 1 is 1.20 bits per heavy atom. The van der Waals surface area contributed by atoms with E-state index in [1.807, 2.05) is 0 Å². The zero-order chi connectivity index (χ0) is 14.6. The first-order valence-corrected chi connectivity index (χ1v) is 7.82. The molecule has 114 valence electrons. The molecule has 1 aliphatic heterocycles. The third-order valence-electron chi connectivity index (χ3n) is 4.72. The highest BCUT2D eigenvalue weighted by Crippen LogP contribution is 2.28. The van der Waals surface area contributed by atoms with Gasteiger partial charge in [0, 0.05) is 12.0 Å². The lowest BCUT2D eigenvalue weighted by molar-refractivity contribution is -0.149. The first-order chi connectivity index (χ1) is 9.53. The van der Waals surface area contributed by atoms with Gasteiger partial charge < -0.3 is 15.7 Å². The highest BCUT2D eigenvalue weighted by molar-refractivity contribution is 5.88. The lowest BCUT2D eigenvalue weighted by Crippen LogP contribution is -2.56. The number of aliphatic carboxylic acids is 1. The maximum Gasteiger partial charge on any atom is 0.329 e. The summed E-state index contributed by atoms with van der Waals surface area (Å²) in [6.07, 6.45) is 6.62. The predicted octanol–water partition coefficient (Wildman–Crippen LogP) is 1.67. The van der Waals surface area contributed by atoms with E-state index in [4.69, 9.17) is 0 Å². The van der Waals surface area contributed by atoms with E-state index in [1.54, 1.807) is 0 Å². The second-order valence-corrected chi connectivity index (χ2v) is 6.37. The number of hydrogen-bond acceptors (Lipinski definition) is 3. The van der Waals surface area contributed by atoms with Crippen LogP contribution >= 0.6 is 0 Å². The van der Waals surface area contributed by atoms with Crippen molar-refractivity contribution in [2.45, 2.75) is 69.9 Å². The molecule has 2 fully saturated rings. The van der Waals surface area contributed by atoms with Crippen LogP contribution in [0.1, 0.15) is 58.3 Å². The van der Waals surface area contributed by atoms with Crippen LogP contribution in [0, 0.1) is 5.92 Å². The van der Waals surface area contributed by atoms with Gasteiger partial charge in [0.2, 0.25) is 5.91 Å². The summed E-state index contributed by atoms with van der Waals surface area (Å²) in [7, 11) is 0. The number of piperidine rings is 1. The maximum absolute atomic E-state index is 12.4. The van der Waals surface area contributed by atoms with E-state index in [0.717, 1.165) is 45.1 Å². The normalized spacial score (nSPS) is 30.2. The summed E-state index contributed by atoms with van der Waals surface area (Å²) in [4.78, 5) is 24.1. The molecule has 0 bridgehead atoms. The minimum absolute atomic E-state index is 0.0503. The van der Waals surface area contributed by atoms with Crippen molar-refractivity contribution >= 4 is 11.9 Å². The Bertz CT molecular complexity index is 362. The molecule has 2 atom stereocenters. The summed E-state index contributed by atoms with van der Waals surface area (Å²) in [5.74, 6) is -0.983. The Kier molecular flexibility index (Phi) is 5.02. The second-order valence-electron chi connectivity index (χ2n) is 6.37. The number of carbonyl (C=O) groups is 2. The van der Waals surface area contributed by atoms with Crippen LogP contribution in [0.2, 0.25) is 0 Å². The van der Waals surface area contributed by atoms with Gasteiger partial charge in [0.25, 0.3) is 0 Å². The number of carbonyl (C=O) groups excluding carboxylic acids is 1. The number of nitrogens with one attached hydrogen (secondary N) is 2. The van der Waals surface area contributed by atoms with Crippen molar-refractivity contribution in [3.8, 4) is 0 Å². The SMILES string of the molecule is CC1CC(C(=O)NC2(C(=O)O)CCCCCC2)CCN1. The Morgan fingerprint density at radius 2 is 1.85 bits per heavy atom. The minimum Gasteiger partial charge on any atom is -0.480 e. The predicted molar refractivity (Wildman–Crippen MR) is 76.4 cm³/mol. The summed E-state index contributed by atoms with van der Waals surface area (Å²) in [6, 6.07) is 0.328. The number of rotatable bonds is 3. The summed E-state index contributed by atoms with van der Waals surface area (Å²) < 4.78 is 0. The van der Waals surface area contributed by atoms with Crippen molar-refractivity contribution in [1.29, 1.82) is 0 Å². The molecular formula is C15H26N2O3. The average Bonchev–Trinajstić information content (AvgIpc) is 2.65. The van der Waals surface area contributed by atoms with Crippen molar-refractivity contribution in [3.05, 3.63) is 0 Å². The zero-order valence-electron chi connectivity index (χ0n) is 12.3. The summed E-state index contributed by atoms with van der Waals surface area (Å²) in [6.45, 7) is 2.90. The topological polar surface area (TPSA) is 78.4 Å². The first-order valence-electron chi connectivity index (χ1n) is 7.82. The first kappa shape index (κ1) is 15.3. The van der Waals surface area contributed by atoms with Gasteiger partial charge in [-0.2, -0.15) is 0 Å². The molecule has 20 heavy (non-hydrogen) atoms. The fourth-order valence-electron chi connectivity index (χ4n) is 3.43. The van der Waals surface area contributed by atoms with Gasteiger partial charge in [-0.1, -0.05) is 25.7 Å². The van der Waals surface area contributed by atoms with Crippen LogP contribution in [0.4, 0.5) is 0 Å².